The van der Waals surface area contributed by atoms with Gasteiger partial charge < -0.3 is 5.11 Å². The van der Waals surface area contributed by atoms with E-state index in [2.05, 4.69) is 26.0 Å². The quantitative estimate of drug-likeness (QED) is 0.942. The summed E-state index contributed by atoms with van der Waals surface area (Å²) in [7, 11) is 1.80. The molecular formula is C10H8BrN3O2S. The molecule has 1 N–H and O–H groups in total. The van der Waals surface area contributed by atoms with E-state index in [1.165, 1.54) is 18.1 Å². The zero-order valence-electron chi connectivity index (χ0n) is 8.79. The summed E-state index contributed by atoms with van der Waals surface area (Å²) < 4.78 is 2.21. The number of nitrogens with zero attached hydrogens (tertiary/aromatic N) is 3. The van der Waals surface area contributed by atoms with Gasteiger partial charge in [0.2, 0.25) is 0 Å². The number of carbonyl (C=O) groups is 1. The molecule has 17 heavy (non-hydrogen) atoms. The van der Waals surface area contributed by atoms with E-state index >= 15 is 0 Å². The predicted octanol–water partition coefficient (Wildman–Crippen LogP) is 2.43. The van der Waals surface area contributed by atoms with Gasteiger partial charge in [0, 0.05) is 16.4 Å². The zero-order valence-corrected chi connectivity index (χ0v) is 11.2. The Kier molecular flexibility index (Phi) is 3.49. The number of benzene rings is 1. The number of carboxylic acids is 1. The maximum Gasteiger partial charge on any atom is 0.336 e. The summed E-state index contributed by atoms with van der Waals surface area (Å²) in [6.07, 6.45) is 1.48. The van der Waals surface area contributed by atoms with Crippen LogP contribution >= 0.6 is 27.7 Å². The number of aryl methyl sites for hydroxylation is 1. The van der Waals surface area contributed by atoms with E-state index < -0.39 is 5.97 Å². The summed E-state index contributed by atoms with van der Waals surface area (Å²) in [5, 5.41) is 13.6. The summed E-state index contributed by atoms with van der Waals surface area (Å²) in [5.74, 6) is -0.952. The number of aromatic carboxylic acids is 1. The molecule has 0 spiro atoms. The maximum absolute atomic E-state index is 10.8. The monoisotopic (exact) mass is 313 g/mol. The Labute approximate surface area is 110 Å². The molecule has 0 saturated heterocycles. The third-order valence-corrected chi connectivity index (χ3v) is 3.75. The molecule has 2 rings (SSSR count). The van der Waals surface area contributed by atoms with Crippen molar-refractivity contribution in [2.24, 2.45) is 7.05 Å². The molecule has 7 heteroatoms. The molecule has 0 amide bonds. The third-order valence-electron chi connectivity index (χ3n) is 2.05. The summed E-state index contributed by atoms with van der Waals surface area (Å²) in [5.41, 5.74) is 0.243. The lowest BCUT2D eigenvalue weighted by molar-refractivity contribution is 0.0696. The molecule has 0 unspecified atom stereocenters. The van der Waals surface area contributed by atoms with Gasteiger partial charge in [0.15, 0.2) is 5.16 Å². The van der Waals surface area contributed by atoms with Gasteiger partial charge in [-0.25, -0.2) is 14.5 Å². The van der Waals surface area contributed by atoms with Gasteiger partial charge in [-0.2, -0.15) is 5.10 Å². The van der Waals surface area contributed by atoms with Crippen LogP contribution in [0.1, 0.15) is 10.4 Å². The van der Waals surface area contributed by atoms with Crippen LogP contribution in [0.25, 0.3) is 0 Å². The van der Waals surface area contributed by atoms with E-state index in [9.17, 15) is 4.79 Å². The summed E-state index contributed by atoms with van der Waals surface area (Å²) in [6, 6.07) is 5.06. The molecule has 1 aromatic heterocycles. The molecular weight excluding hydrogens is 306 g/mol. The molecule has 0 aliphatic rings. The molecule has 1 aromatic carbocycles. The van der Waals surface area contributed by atoms with Crippen molar-refractivity contribution < 1.29 is 9.90 Å². The zero-order chi connectivity index (χ0) is 12.4. The Morgan fingerprint density at radius 1 is 1.53 bits per heavy atom. The molecule has 0 fully saturated rings. The Balaban J connectivity index is 2.27. The first-order valence-corrected chi connectivity index (χ1v) is 6.23. The maximum atomic E-state index is 10.8. The van der Waals surface area contributed by atoms with Gasteiger partial charge in [0.1, 0.15) is 6.33 Å². The topological polar surface area (TPSA) is 68.0 Å². The number of hydrogen-bond donors (Lipinski definition) is 1. The van der Waals surface area contributed by atoms with Gasteiger partial charge in [0.25, 0.3) is 0 Å². The van der Waals surface area contributed by atoms with Crippen molar-refractivity contribution in [3.05, 3.63) is 34.6 Å². The number of halogens is 1. The van der Waals surface area contributed by atoms with Gasteiger partial charge >= 0.3 is 5.97 Å². The average Bonchev–Trinajstić information content (AvgIpc) is 2.64. The minimum atomic E-state index is -0.952. The SMILES string of the molecule is Cn1ncnc1Sc1ccc(C(=O)O)c(Br)c1. The lowest BCUT2D eigenvalue weighted by atomic mass is 10.2. The Morgan fingerprint density at radius 2 is 2.29 bits per heavy atom. The van der Waals surface area contributed by atoms with Gasteiger partial charge in [-0.15, -0.1) is 0 Å². The number of aromatic nitrogens is 3. The second-order valence-corrected chi connectivity index (χ2v) is 5.11. The fourth-order valence-corrected chi connectivity index (χ4v) is 2.72. The van der Waals surface area contributed by atoms with E-state index in [1.807, 2.05) is 0 Å². The van der Waals surface area contributed by atoms with E-state index in [-0.39, 0.29) is 5.56 Å². The Bertz CT molecular complexity index is 570. The van der Waals surface area contributed by atoms with Crippen LogP contribution < -0.4 is 0 Å². The van der Waals surface area contributed by atoms with Crippen LogP contribution in [0, 0.1) is 0 Å². The summed E-state index contributed by atoms with van der Waals surface area (Å²) >= 11 is 4.66. The molecule has 0 saturated carbocycles. The fraction of sp³-hybridized carbons (Fsp3) is 0.100. The van der Waals surface area contributed by atoms with Crippen molar-refractivity contribution in [1.82, 2.24) is 14.8 Å². The largest absolute Gasteiger partial charge is 0.478 e. The van der Waals surface area contributed by atoms with Crippen LogP contribution in [-0.2, 0) is 7.05 Å². The lowest BCUT2D eigenvalue weighted by Crippen LogP contribution is -1.97. The first-order chi connectivity index (χ1) is 8.08. The van der Waals surface area contributed by atoms with E-state index in [1.54, 1.807) is 29.9 Å². The molecule has 0 atom stereocenters. The van der Waals surface area contributed by atoms with Crippen LogP contribution in [0.3, 0.4) is 0 Å². The highest BCUT2D eigenvalue weighted by molar-refractivity contribution is 9.10. The molecule has 0 bridgehead atoms. The van der Waals surface area contributed by atoms with Crippen molar-refractivity contribution in [3.8, 4) is 0 Å². The normalized spacial score (nSPS) is 10.5. The Hall–Kier alpha value is -1.34. The average molecular weight is 314 g/mol. The molecule has 0 aliphatic heterocycles. The Morgan fingerprint density at radius 3 is 2.82 bits per heavy atom. The van der Waals surface area contributed by atoms with Crippen molar-refractivity contribution in [1.29, 1.82) is 0 Å². The standard InChI is InChI=1S/C10H8BrN3O2S/c1-14-10(12-5-13-14)17-6-2-3-7(9(15)16)8(11)4-6/h2-5H,1H3,(H,15,16). The van der Waals surface area contributed by atoms with Crippen LogP contribution in [0.4, 0.5) is 0 Å². The third kappa shape index (κ3) is 2.67. The lowest BCUT2D eigenvalue weighted by Gasteiger charge is -2.03. The van der Waals surface area contributed by atoms with Crippen LogP contribution in [-0.4, -0.2) is 25.8 Å². The van der Waals surface area contributed by atoms with E-state index in [0.29, 0.717) is 4.47 Å². The molecule has 0 aliphatic carbocycles. The highest BCUT2D eigenvalue weighted by Gasteiger charge is 2.10. The molecule has 0 radical (unpaired) electrons. The van der Waals surface area contributed by atoms with Gasteiger partial charge in [-0.3, -0.25) is 0 Å². The second-order valence-electron chi connectivity index (χ2n) is 3.22. The molecule has 1 heterocycles. The minimum Gasteiger partial charge on any atom is -0.478 e. The van der Waals surface area contributed by atoms with Crippen molar-refractivity contribution >= 4 is 33.7 Å². The van der Waals surface area contributed by atoms with Gasteiger partial charge in [-0.1, -0.05) is 11.8 Å². The smallest absolute Gasteiger partial charge is 0.336 e. The van der Waals surface area contributed by atoms with Crippen LogP contribution in [0.2, 0.25) is 0 Å². The number of rotatable bonds is 3. The fourth-order valence-electron chi connectivity index (χ4n) is 1.22. The highest BCUT2D eigenvalue weighted by atomic mass is 79.9. The first-order valence-electron chi connectivity index (χ1n) is 4.62. The molecule has 88 valence electrons. The second kappa shape index (κ2) is 4.89. The van der Waals surface area contributed by atoms with Crippen molar-refractivity contribution in [2.45, 2.75) is 10.1 Å². The van der Waals surface area contributed by atoms with Crippen molar-refractivity contribution in [3.63, 3.8) is 0 Å². The van der Waals surface area contributed by atoms with E-state index in [0.717, 1.165) is 10.1 Å². The number of carboxylic acid groups (broad SMARTS) is 1. The summed E-state index contributed by atoms with van der Waals surface area (Å²) in [4.78, 5) is 15.8. The van der Waals surface area contributed by atoms with E-state index in [4.69, 9.17) is 5.11 Å². The van der Waals surface area contributed by atoms with Gasteiger partial charge in [0.05, 0.1) is 5.56 Å². The predicted molar refractivity (Wildman–Crippen MR) is 66.2 cm³/mol. The first kappa shape index (κ1) is 12.1. The molecule has 5 nitrogen and oxygen atoms in total. The number of hydrogen-bond acceptors (Lipinski definition) is 4. The minimum absolute atomic E-state index is 0.243. The highest BCUT2D eigenvalue weighted by Crippen LogP contribution is 2.29. The summed E-state index contributed by atoms with van der Waals surface area (Å²) in [6.45, 7) is 0. The molecule has 2 aromatic rings. The van der Waals surface area contributed by atoms with Crippen LogP contribution in [0.5, 0.6) is 0 Å². The van der Waals surface area contributed by atoms with Crippen molar-refractivity contribution in [2.75, 3.05) is 0 Å². The van der Waals surface area contributed by atoms with Gasteiger partial charge in [-0.05, 0) is 34.1 Å². The van der Waals surface area contributed by atoms with Crippen LogP contribution in [0.15, 0.2) is 39.1 Å².